The second kappa shape index (κ2) is 6.92. The summed E-state index contributed by atoms with van der Waals surface area (Å²) in [6.07, 6.45) is 1.57. The minimum Gasteiger partial charge on any atom is -0.287 e. The van der Waals surface area contributed by atoms with Crippen LogP contribution in [0.4, 0.5) is 10.9 Å². The minimum absolute atomic E-state index is 0.0689. The molecule has 4 aromatic rings. The van der Waals surface area contributed by atoms with E-state index in [1.807, 2.05) is 24.3 Å². The van der Waals surface area contributed by atoms with Gasteiger partial charge in [0.2, 0.25) is 16.0 Å². The lowest BCUT2D eigenvalue weighted by Crippen LogP contribution is -2.48. The van der Waals surface area contributed by atoms with Crippen LogP contribution in [0, 0.1) is 0 Å². The van der Waals surface area contributed by atoms with Gasteiger partial charge in [-0.15, -0.1) is 0 Å². The highest BCUT2D eigenvalue weighted by molar-refractivity contribution is 7.22. The average molecular weight is 379 g/mol. The zero-order valence-electron chi connectivity index (χ0n) is 14.1. The van der Waals surface area contributed by atoms with Crippen LogP contribution in [0.3, 0.4) is 0 Å². The fourth-order valence-corrected chi connectivity index (χ4v) is 3.17. The molecule has 2 N–H and O–H groups in total. The number of nitrogens with one attached hydrogen (secondary N) is 2. The molecule has 0 aliphatic heterocycles. The van der Waals surface area contributed by atoms with Crippen LogP contribution in [-0.4, -0.2) is 14.8 Å². The Labute approximate surface area is 155 Å². The summed E-state index contributed by atoms with van der Waals surface area (Å²) in [7, 11) is 1.71. The Morgan fingerprint density at radius 2 is 1.89 bits per heavy atom. The summed E-state index contributed by atoms with van der Waals surface area (Å²) in [6.45, 7) is 0. The molecule has 0 bridgehead atoms. The van der Waals surface area contributed by atoms with E-state index < -0.39 is 10.9 Å². The Morgan fingerprint density at radius 1 is 1.04 bits per heavy atom. The Hall–Kier alpha value is -3.66. The number of thiazole rings is 1. The molecule has 0 unspecified atom stereocenters. The number of rotatable bonds is 4. The molecule has 2 heterocycles. The van der Waals surface area contributed by atoms with Crippen molar-refractivity contribution in [3.8, 4) is 0 Å². The van der Waals surface area contributed by atoms with Gasteiger partial charge in [0, 0.05) is 13.1 Å². The predicted octanol–water partition coefficient (Wildman–Crippen LogP) is 0.481. The number of anilines is 2. The maximum Gasteiger partial charge on any atom is 0.237 e. The van der Waals surface area contributed by atoms with Gasteiger partial charge >= 0.3 is 0 Å². The van der Waals surface area contributed by atoms with Gasteiger partial charge in [-0.2, -0.15) is 15.3 Å². The fraction of sp³-hybridized carbons (Fsp3) is 0.0588. The number of hydrogen-bond acceptors (Lipinski definition) is 9. The number of nitrogens with zero attached hydrogens (tertiary/aromatic N) is 5. The summed E-state index contributed by atoms with van der Waals surface area (Å²) < 4.78 is 2.53. The first-order valence-electron chi connectivity index (χ1n) is 7.90. The largest absolute Gasteiger partial charge is 0.287 e. The molecule has 0 amide bonds. The first-order valence-corrected chi connectivity index (χ1v) is 8.71. The first kappa shape index (κ1) is 16.8. The first-order chi connectivity index (χ1) is 13.1. The number of benzene rings is 2. The summed E-state index contributed by atoms with van der Waals surface area (Å²) in [5, 5.41) is 12.3. The van der Waals surface area contributed by atoms with Gasteiger partial charge in [0.1, 0.15) is 11.2 Å². The minimum atomic E-state index is -0.578. The Bertz CT molecular complexity index is 1310. The monoisotopic (exact) mass is 379 g/mol. The van der Waals surface area contributed by atoms with Crippen LogP contribution in [0.2, 0.25) is 0 Å². The lowest BCUT2D eigenvalue weighted by Gasteiger charge is -1.98. The highest BCUT2D eigenvalue weighted by Crippen LogP contribution is 2.24. The molecule has 0 aliphatic carbocycles. The van der Waals surface area contributed by atoms with Crippen LogP contribution < -0.4 is 32.4 Å². The smallest absolute Gasteiger partial charge is 0.237 e. The number of para-hydroxylation sites is 1. The number of fused-ring (bicyclic) bond motifs is 1. The van der Waals surface area contributed by atoms with Gasteiger partial charge in [-0.25, -0.2) is 4.98 Å². The lowest BCUT2D eigenvalue weighted by molar-refractivity contribution is 0.770. The third kappa shape index (κ3) is 3.37. The van der Waals surface area contributed by atoms with Crippen molar-refractivity contribution in [1.82, 2.24) is 14.8 Å². The molecule has 27 heavy (non-hydrogen) atoms. The van der Waals surface area contributed by atoms with Crippen molar-refractivity contribution in [2.75, 3.05) is 10.9 Å². The fourth-order valence-electron chi connectivity index (χ4n) is 2.36. The Kier molecular flexibility index (Phi) is 4.30. The van der Waals surface area contributed by atoms with E-state index in [4.69, 9.17) is 0 Å². The molecule has 0 aliphatic rings. The molecular formula is C17H13N7O2S. The third-order valence-corrected chi connectivity index (χ3v) is 4.68. The maximum atomic E-state index is 12.5. The third-order valence-electron chi connectivity index (χ3n) is 3.74. The van der Waals surface area contributed by atoms with Gasteiger partial charge in [-0.05, 0) is 24.3 Å². The molecule has 2 aromatic carbocycles. The molecule has 9 nitrogen and oxygen atoms in total. The Morgan fingerprint density at radius 3 is 2.67 bits per heavy atom. The van der Waals surface area contributed by atoms with Crippen LogP contribution in [0.1, 0.15) is 0 Å². The lowest BCUT2D eigenvalue weighted by atomic mass is 10.3. The van der Waals surface area contributed by atoms with Crippen molar-refractivity contribution in [2.24, 2.45) is 17.3 Å². The van der Waals surface area contributed by atoms with Crippen molar-refractivity contribution < 1.29 is 0 Å². The molecule has 2 aromatic heterocycles. The van der Waals surface area contributed by atoms with Gasteiger partial charge in [0.05, 0.1) is 16.4 Å². The van der Waals surface area contributed by atoms with Crippen molar-refractivity contribution in [3.05, 3.63) is 79.8 Å². The highest BCUT2D eigenvalue weighted by Gasteiger charge is 2.04. The van der Waals surface area contributed by atoms with Crippen LogP contribution in [0.25, 0.3) is 10.2 Å². The molecule has 4 rings (SSSR count). The summed E-state index contributed by atoms with van der Waals surface area (Å²) in [6, 6.07) is 11.9. The maximum absolute atomic E-state index is 12.5. The van der Waals surface area contributed by atoms with E-state index in [0.717, 1.165) is 10.2 Å². The normalized spacial score (nSPS) is 12.6. The SMILES string of the molecule is Cn1nccc1N/N=c1\c(=O)cc/c(=N\Nc2nc3ccccc3s2)c1=O. The molecule has 0 saturated heterocycles. The summed E-state index contributed by atoms with van der Waals surface area (Å²) in [4.78, 5) is 28.9. The molecule has 0 atom stereocenters. The van der Waals surface area contributed by atoms with Crippen LogP contribution in [0.15, 0.2) is 68.5 Å². The molecule has 0 radical (unpaired) electrons. The van der Waals surface area contributed by atoms with E-state index in [9.17, 15) is 9.59 Å². The summed E-state index contributed by atoms with van der Waals surface area (Å²) in [5.41, 5.74) is 5.20. The average Bonchev–Trinajstić information content (AvgIpc) is 3.26. The van der Waals surface area contributed by atoms with Crippen molar-refractivity contribution in [1.29, 1.82) is 0 Å². The second-order valence-corrected chi connectivity index (χ2v) is 6.57. The predicted molar refractivity (Wildman–Crippen MR) is 103 cm³/mol. The van der Waals surface area contributed by atoms with Gasteiger partial charge in [0.25, 0.3) is 0 Å². The van der Waals surface area contributed by atoms with Crippen molar-refractivity contribution >= 4 is 32.5 Å². The number of aromatic nitrogens is 3. The van der Waals surface area contributed by atoms with Crippen LogP contribution in [-0.2, 0) is 7.05 Å². The van der Waals surface area contributed by atoms with Crippen LogP contribution in [0.5, 0.6) is 0 Å². The standard InChI is InChI=1S/C17H13N7O2S/c1-24-14(8-9-18-24)21-22-15-12(25)7-6-11(16(15)26)20-23-17-19-10-4-2-3-5-13(10)27-17/h2-9,21H,1H3,(H,19,23)/b20-11+,22-15+. The van der Waals surface area contributed by atoms with E-state index in [-0.39, 0.29) is 10.7 Å². The van der Waals surface area contributed by atoms with E-state index in [1.165, 1.54) is 28.2 Å². The van der Waals surface area contributed by atoms with Gasteiger partial charge in [-0.3, -0.25) is 25.1 Å². The van der Waals surface area contributed by atoms with Crippen molar-refractivity contribution in [3.63, 3.8) is 0 Å². The zero-order chi connectivity index (χ0) is 18.8. The highest BCUT2D eigenvalue weighted by atomic mass is 32.1. The molecule has 134 valence electrons. The van der Waals surface area contributed by atoms with Gasteiger partial charge in [0.15, 0.2) is 5.36 Å². The molecule has 10 heteroatoms. The molecule has 0 saturated carbocycles. The van der Waals surface area contributed by atoms with Gasteiger partial charge in [-0.1, -0.05) is 23.5 Å². The number of aryl methyl sites for hydroxylation is 1. The second-order valence-electron chi connectivity index (χ2n) is 5.53. The topological polar surface area (TPSA) is 114 Å². The van der Waals surface area contributed by atoms with Crippen molar-refractivity contribution in [2.45, 2.75) is 0 Å². The van der Waals surface area contributed by atoms with E-state index >= 15 is 0 Å². The quantitative estimate of drug-likeness (QED) is 0.499. The molecule has 0 spiro atoms. The summed E-state index contributed by atoms with van der Waals surface area (Å²) >= 11 is 1.41. The zero-order valence-corrected chi connectivity index (χ0v) is 14.9. The number of hydrogen-bond donors (Lipinski definition) is 2. The Balaban J connectivity index is 1.69. The molecular weight excluding hydrogens is 366 g/mol. The van der Waals surface area contributed by atoms with Gasteiger partial charge < -0.3 is 0 Å². The van der Waals surface area contributed by atoms with E-state index in [0.29, 0.717) is 10.9 Å². The molecule has 0 fully saturated rings. The van der Waals surface area contributed by atoms with E-state index in [1.54, 1.807) is 19.3 Å². The van der Waals surface area contributed by atoms with E-state index in [2.05, 4.69) is 31.1 Å². The summed E-state index contributed by atoms with van der Waals surface area (Å²) in [5.74, 6) is 0.545. The van der Waals surface area contributed by atoms with Crippen LogP contribution >= 0.6 is 11.3 Å².